The molecule has 1 aromatic carbocycles. The lowest BCUT2D eigenvalue weighted by Crippen LogP contribution is -2.30. The van der Waals surface area contributed by atoms with Crippen LogP contribution < -0.4 is 0 Å². The van der Waals surface area contributed by atoms with Gasteiger partial charge < -0.3 is 0 Å². The Labute approximate surface area is 86.7 Å². The summed E-state index contributed by atoms with van der Waals surface area (Å²) in [7, 11) is 3.72. The van der Waals surface area contributed by atoms with Crippen molar-refractivity contribution in [2.75, 3.05) is 14.1 Å². The van der Waals surface area contributed by atoms with Gasteiger partial charge in [0.2, 0.25) is 0 Å². The first-order chi connectivity index (χ1) is 6.13. The summed E-state index contributed by atoms with van der Waals surface area (Å²) in [6, 6.07) is 9.26. The van der Waals surface area contributed by atoms with Crippen molar-refractivity contribution in [3.8, 4) is 0 Å². The summed E-state index contributed by atoms with van der Waals surface area (Å²) in [5.41, 5.74) is 0.734. The summed E-state index contributed by atoms with van der Waals surface area (Å²) >= 11 is 3.32. The zero-order valence-electron chi connectivity index (χ0n) is 7.70. The average Bonchev–Trinajstić information content (AvgIpc) is 2.17. The van der Waals surface area contributed by atoms with Crippen LogP contribution >= 0.6 is 15.9 Å². The molecule has 1 rings (SSSR count). The highest BCUT2D eigenvalue weighted by atomic mass is 79.9. The van der Waals surface area contributed by atoms with E-state index in [0.717, 1.165) is 5.56 Å². The summed E-state index contributed by atoms with van der Waals surface area (Å²) in [6.45, 7) is 0. The van der Waals surface area contributed by atoms with E-state index in [1.165, 1.54) is 0 Å². The fourth-order valence-electron chi connectivity index (χ4n) is 0.974. The van der Waals surface area contributed by atoms with Gasteiger partial charge in [-0.2, -0.15) is 0 Å². The molecule has 3 heteroatoms. The molecule has 0 fully saturated rings. The molecule has 0 bridgehead atoms. The number of halogens is 1. The first-order valence-corrected chi connectivity index (χ1v) is 4.94. The zero-order valence-corrected chi connectivity index (χ0v) is 9.28. The maximum atomic E-state index is 11.7. The Balaban J connectivity index is 2.80. The number of benzene rings is 1. The predicted octanol–water partition coefficient (Wildman–Crippen LogP) is 2.15. The van der Waals surface area contributed by atoms with Gasteiger partial charge in [0.05, 0.1) is 0 Å². The van der Waals surface area contributed by atoms with Crippen molar-refractivity contribution in [3.05, 3.63) is 35.9 Å². The molecule has 0 aliphatic carbocycles. The molecule has 1 atom stereocenters. The van der Waals surface area contributed by atoms with Crippen LogP contribution in [0.3, 0.4) is 0 Å². The van der Waals surface area contributed by atoms with Crippen LogP contribution in [-0.2, 0) is 0 Å². The second kappa shape index (κ2) is 4.53. The zero-order chi connectivity index (χ0) is 9.84. The van der Waals surface area contributed by atoms with Gasteiger partial charge in [0.1, 0.15) is 4.95 Å². The van der Waals surface area contributed by atoms with Crippen LogP contribution in [0.4, 0.5) is 0 Å². The third-order valence-electron chi connectivity index (χ3n) is 1.73. The van der Waals surface area contributed by atoms with Crippen LogP contribution in [0.15, 0.2) is 30.3 Å². The molecule has 0 heterocycles. The van der Waals surface area contributed by atoms with E-state index in [4.69, 9.17) is 0 Å². The van der Waals surface area contributed by atoms with Gasteiger partial charge in [-0.3, -0.25) is 9.69 Å². The van der Waals surface area contributed by atoms with Crippen LogP contribution in [0.2, 0.25) is 0 Å². The van der Waals surface area contributed by atoms with Gasteiger partial charge in [0.15, 0.2) is 5.78 Å². The quantitative estimate of drug-likeness (QED) is 0.460. The van der Waals surface area contributed by atoms with Crippen molar-refractivity contribution in [1.29, 1.82) is 0 Å². The lowest BCUT2D eigenvalue weighted by atomic mass is 10.1. The molecule has 0 saturated heterocycles. The van der Waals surface area contributed by atoms with E-state index in [2.05, 4.69) is 15.9 Å². The van der Waals surface area contributed by atoms with Gasteiger partial charge in [-0.25, -0.2) is 0 Å². The molecule has 0 radical (unpaired) electrons. The van der Waals surface area contributed by atoms with Crippen molar-refractivity contribution >= 4 is 21.7 Å². The van der Waals surface area contributed by atoms with Crippen LogP contribution in [-0.4, -0.2) is 29.7 Å². The molecular weight excluding hydrogens is 230 g/mol. The number of carbonyl (C=O) groups is 1. The molecule has 0 amide bonds. The van der Waals surface area contributed by atoms with Gasteiger partial charge in [0.25, 0.3) is 0 Å². The van der Waals surface area contributed by atoms with Gasteiger partial charge in [0, 0.05) is 5.56 Å². The Morgan fingerprint density at radius 2 is 1.85 bits per heavy atom. The summed E-state index contributed by atoms with van der Waals surface area (Å²) in [5.74, 6) is 0.0885. The summed E-state index contributed by atoms with van der Waals surface area (Å²) in [6.07, 6.45) is 0. The maximum Gasteiger partial charge on any atom is 0.190 e. The molecule has 2 nitrogen and oxygen atoms in total. The van der Waals surface area contributed by atoms with Crippen molar-refractivity contribution in [2.24, 2.45) is 0 Å². The van der Waals surface area contributed by atoms with Crippen LogP contribution in [0.25, 0.3) is 0 Å². The minimum atomic E-state index is -0.241. The van der Waals surface area contributed by atoms with Crippen LogP contribution in [0.1, 0.15) is 10.4 Å². The molecule has 13 heavy (non-hydrogen) atoms. The highest BCUT2D eigenvalue weighted by Crippen LogP contribution is 2.11. The number of Topliss-reactive ketones (excluding diaryl/α,β-unsaturated/α-hetero) is 1. The number of ketones is 1. The van der Waals surface area contributed by atoms with Gasteiger partial charge in [-0.05, 0) is 14.1 Å². The van der Waals surface area contributed by atoms with E-state index in [1.54, 1.807) is 0 Å². The molecular formula is C10H12BrNO. The van der Waals surface area contributed by atoms with E-state index in [9.17, 15) is 4.79 Å². The van der Waals surface area contributed by atoms with Crippen molar-refractivity contribution in [3.63, 3.8) is 0 Å². The Morgan fingerprint density at radius 3 is 2.31 bits per heavy atom. The number of rotatable bonds is 3. The van der Waals surface area contributed by atoms with Crippen LogP contribution in [0.5, 0.6) is 0 Å². The lowest BCUT2D eigenvalue weighted by Gasteiger charge is -2.16. The second-order valence-electron chi connectivity index (χ2n) is 3.03. The molecule has 0 spiro atoms. The Hall–Kier alpha value is -0.670. The molecule has 0 aromatic heterocycles. The summed E-state index contributed by atoms with van der Waals surface area (Å²) in [5, 5.41) is 0. The molecule has 0 unspecified atom stereocenters. The number of hydrogen-bond donors (Lipinski definition) is 0. The molecule has 0 saturated carbocycles. The van der Waals surface area contributed by atoms with Gasteiger partial charge in [-0.1, -0.05) is 46.3 Å². The normalized spacial score (nSPS) is 12.9. The first-order valence-electron chi connectivity index (χ1n) is 4.02. The highest BCUT2D eigenvalue weighted by Gasteiger charge is 2.17. The Bertz CT molecular complexity index is 284. The van der Waals surface area contributed by atoms with Crippen molar-refractivity contribution in [2.45, 2.75) is 4.95 Å². The summed E-state index contributed by atoms with van der Waals surface area (Å²) in [4.78, 5) is 13.3. The lowest BCUT2D eigenvalue weighted by molar-refractivity contribution is 0.0941. The van der Waals surface area contributed by atoms with Crippen molar-refractivity contribution in [1.82, 2.24) is 4.90 Å². The fourth-order valence-corrected chi connectivity index (χ4v) is 1.24. The fraction of sp³-hybridized carbons (Fsp3) is 0.300. The van der Waals surface area contributed by atoms with Crippen molar-refractivity contribution < 1.29 is 4.79 Å². The highest BCUT2D eigenvalue weighted by molar-refractivity contribution is 9.09. The van der Waals surface area contributed by atoms with Crippen LogP contribution in [0, 0.1) is 0 Å². The number of alkyl halides is 1. The van der Waals surface area contributed by atoms with E-state index in [-0.39, 0.29) is 10.7 Å². The SMILES string of the molecule is CN(C)[C@@H](Br)C(=O)c1ccccc1. The number of carbonyl (C=O) groups excluding carboxylic acids is 1. The molecule has 0 N–H and O–H groups in total. The first kappa shape index (κ1) is 10.4. The molecule has 1 aromatic rings. The number of likely N-dealkylation sites (N-methyl/N-ethyl adjacent to an activating group) is 1. The average molecular weight is 242 g/mol. The van der Waals surface area contributed by atoms with Gasteiger partial charge in [-0.15, -0.1) is 0 Å². The topological polar surface area (TPSA) is 20.3 Å². The minimum absolute atomic E-state index is 0.0885. The molecule has 70 valence electrons. The number of hydrogen-bond acceptors (Lipinski definition) is 2. The smallest absolute Gasteiger partial charge is 0.190 e. The molecule has 0 aliphatic heterocycles. The van der Waals surface area contributed by atoms with E-state index < -0.39 is 0 Å². The van der Waals surface area contributed by atoms with E-state index in [0.29, 0.717) is 0 Å². The predicted molar refractivity (Wildman–Crippen MR) is 57.2 cm³/mol. The minimum Gasteiger partial charge on any atom is -0.291 e. The maximum absolute atomic E-state index is 11.7. The third kappa shape index (κ3) is 2.64. The number of nitrogens with zero attached hydrogens (tertiary/aromatic N) is 1. The second-order valence-corrected chi connectivity index (χ2v) is 3.90. The molecule has 0 aliphatic rings. The monoisotopic (exact) mass is 241 g/mol. The van der Waals surface area contributed by atoms with E-state index in [1.807, 2.05) is 49.3 Å². The third-order valence-corrected chi connectivity index (χ3v) is 2.96. The largest absolute Gasteiger partial charge is 0.291 e. The Morgan fingerprint density at radius 1 is 1.31 bits per heavy atom. The standard InChI is InChI=1S/C10H12BrNO/c1-12(2)10(11)9(13)8-6-4-3-5-7-8/h3-7,10H,1-2H3/t10-/m1/s1. The van der Waals surface area contributed by atoms with Gasteiger partial charge >= 0.3 is 0 Å². The Kier molecular flexibility index (Phi) is 3.63. The van der Waals surface area contributed by atoms with E-state index >= 15 is 0 Å². The summed E-state index contributed by atoms with van der Waals surface area (Å²) < 4.78 is 0.